The molecule has 0 saturated heterocycles. The van der Waals surface area contributed by atoms with Crippen molar-refractivity contribution in [2.24, 2.45) is 0 Å². The normalized spacial score (nSPS) is 10.3. The van der Waals surface area contributed by atoms with E-state index in [1.807, 2.05) is 36.4 Å². The molecule has 19 heavy (non-hydrogen) atoms. The molecule has 0 atom stereocenters. The largest absolute Gasteiger partial charge is 0.493 e. The zero-order valence-corrected chi connectivity index (χ0v) is 12.8. The van der Waals surface area contributed by atoms with Gasteiger partial charge in [0.25, 0.3) is 0 Å². The summed E-state index contributed by atoms with van der Waals surface area (Å²) in [6.45, 7) is 0.483. The fourth-order valence-corrected chi connectivity index (χ4v) is 2.56. The summed E-state index contributed by atoms with van der Waals surface area (Å²) in [5.41, 5.74) is 1.92. The summed E-state index contributed by atoms with van der Waals surface area (Å²) < 4.78 is 12.1. The number of methoxy groups -OCH3 is 1. The lowest BCUT2D eigenvalue weighted by atomic mass is 10.2. The van der Waals surface area contributed by atoms with Crippen LogP contribution >= 0.6 is 22.6 Å². The molecule has 0 aliphatic heterocycles. The van der Waals surface area contributed by atoms with Crippen molar-refractivity contribution in [2.45, 2.75) is 13.2 Å². The van der Waals surface area contributed by atoms with Crippen LogP contribution in [0.4, 0.5) is 0 Å². The Balaban J connectivity index is 2.20. The Morgan fingerprint density at radius 1 is 1.11 bits per heavy atom. The fourth-order valence-electron chi connectivity index (χ4n) is 1.73. The molecule has 100 valence electrons. The highest BCUT2D eigenvalue weighted by molar-refractivity contribution is 14.1. The van der Waals surface area contributed by atoms with Gasteiger partial charge in [-0.25, -0.2) is 0 Å². The minimum absolute atomic E-state index is 0.00860. The third-order valence-electron chi connectivity index (χ3n) is 2.70. The van der Waals surface area contributed by atoms with Crippen LogP contribution in [0.5, 0.6) is 11.5 Å². The lowest BCUT2D eigenvalue weighted by molar-refractivity contribution is 0.273. The minimum atomic E-state index is -0.00860. The average Bonchev–Trinajstić information content (AvgIpc) is 2.46. The van der Waals surface area contributed by atoms with Gasteiger partial charge >= 0.3 is 0 Å². The minimum Gasteiger partial charge on any atom is -0.493 e. The van der Waals surface area contributed by atoms with Gasteiger partial charge in [-0.05, 0) is 45.9 Å². The Labute approximate surface area is 126 Å². The monoisotopic (exact) mass is 370 g/mol. The third-order valence-corrected chi connectivity index (χ3v) is 3.50. The summed E-state index contributed by atoms with van der Waals surface area (Å²) in [6.07, 6.45) is 0. The molecule has 0 radical (unpaired) electrons. The highest BCUT2D eigenvalue weighted by atomic mass is 127. The number of hydrogen-bond acceptors (Lipinski definition) is 3. The lowest BCUT2D eigenvalue weighted by Gasteiger charge is -2.14. The molecule has 3 nitrogen and oxygen atoms in total. The molecule has 0 amide bonds. The first-order valence-corrected chi connectivity index (χ1v) is 6.96. The maximum atomic E-state index is 9.18. The van der Waals surface area contributed by atoms with E-state index in [-0.39, 0.29) is 6.61 Å². The second kappa shape index (κ2) is 6.77. The molecule has 0 fully saturated rings. The zero-order chi connectivity index (χ0) is 13.7. The van der Waals surface area contributed by atoms with Crippen molar-refractivity contribution < 1.29 is 14.6 Å². The van der Waals surface area contributed by atoms with Crippen LogP contribution in [0.15, 0.2) is 42.5 Å². The van der Waals surface area contributed by atoms with Crippen LogP contribution in [0.2, 0.25) is 0 Å². The highest BCUT2D eigenvalue weighted by Crippen LogP contribution is 2.34. The van der Waals surface area contributed by atoms with E-state index < -0.39 is 0 Å². The average molecular weight is 370 g/mol. The number of ether oxygens (including phenoxy) is 2. The molecular weight excluding hydrogens is 355 g/mol. The van der Waals surface area contributed by atoms with E-state index in [1.165, 1.54) is 0 Å². The van der Waals surface area contributed by atoms with Crippen LogP contribution in [-0.4, -0.2) is 12.2 Å². The number of hydrogen-bond donors (Lipinski definition) is 1. The summed E-state index contributed by atoms with van der Waals surface area (Å²) in [4.78, 5) is 0. The Morgan fingerprint density at radius 2 is 1.84 bits per heavy atom. The molecule has 4 heteroatoms. The molecule has 0 bridgehead atoms. The number of benzene rings is 2. The van der Waals surface area contributed by atoms with Crippen LogP contribution < -0.4 is 9.47 Å². The Morgan fingerprint density at radius 3 is 2.47 bits per heavy atom. The van der Waals surface area contributed by atoms with Crippen LogP contribution in [0.25, 0.3) is 0 Å². The van der Waals surface area contributed by atoms with Gasteiger partial charge in [-0.2, -0.15) is 0 Å². The first-order valence-electron chi connectivity index (χ1n) is 5.88. The van der Waals surface area contributed by atoms with Crippen molar-refractivity contribution >= 4 is 22.6 Å². The van der Waals surface area contributed by atoms with E-state index in [1.54, 1.807) is 13.2 Å². The predicted octanol–water partition coefficient (Wildman–Crippen LogP) is 3.37. The third kappa shape index (κ3) is 3.61. The van der Waals surface area contributed by atoms with E-state index in [9.17, 15) is 5.11 Å². The van der Waals surface area contributed by atoms with Gasteiger partial charge in [0.05, 0.1) is 17.3 Å². The molecule has 0 unspecified atom stereocenters. The zero-order valence-electron chi connectivity index (χ0n) is 10.6. The Hall–Kier alpha value is -1.27. The molecule has 1 N–H and O–H groups in total. The molecule has 0 saturated carbocycles. The SMILES string of the molecule is COc1cc(CO)cc(I)c1OCc1ccccc1. The number of halogens is 1. The van der Waals surface area contributed by atoms with Gasteiger partial charge in [-0.1, -0.05) is 30.3 Å². The van der Waals surface area contributed by atoms with E-state index >= 15 is 0 Å². The van der Waals surface area contributed by atoms with Gasteiger partial charge in [0.1, 0.15) is 6.61 Å². The van der Waals surface area contributed by atoms with Gasteiger partial charge in [-0.15, -0.1) is 0 Å². The maximum absolute atomic E-state index is 9.18. The molecule has 0 spiro atoms. The first kappa shape index (κ1) is 14.1. The van der Waals surface area contributed by atoms with Gasteiger partial charge < -0.3 is 14.6 Å². The summed E-state index contributed by atoms with van der Waals surface area (Å²) in [7, 11) is 1.60. The van der Waals surface area contributed by atoms with Gasteiger partial charge in [0.2, 0.25) is 0 Å². The number of aliphatic hydroxyl groups excluding tert-OH is 1. The number of rotatable bonds is 5. The Bertz CT molecular complexity index is 541. The molecular formula is C15H15IO3. The topological polar surface area (TPSA) is 38.7 Å². The van der Waals surface area contributed by atoms with E-state index in [0.29, 0.717) is 18.1 Å². The van der Waals surface area contributed by atoms with Gasteiger partial charge in [0.15, 0.2) is 11.5 Å². The van der Waals surface area contributed by atoms with Crippen molar-refractivity contribution in [2.75, 3.05) is 7.11 Å². The second-order valence-electron chi connectivity index (χ2n) is 4.04. The summed E-state index contributed by atoms with van der Waals surface area (Å²) in [5.74, 6) is 1.36. The first-order chi connectivity index (χ1) is 9.24. The summed E-state index contributed by atoms with van der Waals surface area (Å²) in [6, 6.07) is 13.7. The lowest BCUT2D eigenvalue weighted by Crippen LogP contribution is -2.00. The van der Waals surface area contributed by atoms with Crippen molar-refractivity contribution in [1.29, 1.82) is 0 Å². The molecule has 2 aromatic rings. The van der Waals surface area contributed by atoms with Crippen LogP contribution in [0.1, 0.15) is 11.1 Å². The second-order valence-corrected chi connectivity index (χ2v) is 5.20. The van der Waals surface area contributed by atoms with E-state index in [0.717, 1.165) is 14.7 Å². The van der Waals surface area contributed by atoms with Crippen molar-refractivity contribution in [1.82, 2.24) is 0 Å². The molecule has 0 aliphatic rings. The quantitative estimate of drug-likeness (QED) is 0.821. The van der Waals surface area contributed by atoms with E-state index in [4.69, 9.17) is 9.47 Å². The van der Waals surface area contributed by atoms with Crippen LogP contribution in [0.3, 0.4) is 0 Å². The molecule has 2 aromatic carbocycles. The highest BCUT2D eigenvalue weighted by Gasteiger charge is 2.11. The predicted molar refractivity (Wildman–Crippen MR) is 82.4 cm³/mol. The number of aliphatic hydroxyl groups is 1. The fraction of sp³-hybridized carbons (Fsp3) is 0.200. The Kier molecular flexibility index (Phi) is 5.04. The molecule has 2 rings (SSSR count). The standard InChI is InChI=1S/C15H15IO3/c1-18-14-8-12(9-17)7-13(16)15(14)19-10-11-5-3-2-4-6-11/h2-8,17H,9-10H2,1H3. The molecule has 0 aliphatic carbocycles. The smallest absolute Gasteiger partial charge is 0.174 e. The maximum Gasteiger partial charge on any atom is 0.174 e. The summed E-state index contributed by atoms with van der Waals surface area (Å²) >= 11 is 2.18. The molecule has 0 aromatic heterocycles. The molecule has 0 heterocycles. The van der Waals surface area contributed by atoms with Crippen molar-refractivity contribution in [3.8, 4) is 11.5 Å². The summed E-state index contributed by atoms with van der Waals surface area (Å²) in [5, 5.41) is 9.18. The van der Waals surface area contributed by atoms with Crippen LogP contribution in [0, 0.1) is 3.57 Å². The van der Waals surface area contributed by atoms with E-state index in [2.05, 4.69) is 22.6 Å². The van der Waals surface area contributed by atoms with Crippen molar-refractivity contribution in [3.63, 3.8) is 0 Å². The van der Waals surface area contributed by atoms with Crippen molar-refractivity contribution in [3.05, 3.63) is 57.2 Å². The van der Waals surface area contributed by atoms with Crippen LogP contribution in [-0.2, 0) is 13.2 Å². The van der Waals surface area contributed by atoms with Gasteiger partial charge in [-0.3, -0.25) is 0 Å². The van der Waals surface area contributed by atoms with Gasteiger partial charge in [0, 0.05) is 0 Å².